The van der Waals surface area contributed by atoms with E-state index in [-0.39, 0.29) is 29.4 Å². The highest BCUT2D eigenvalue weighted by molar-refractivity contribution is 5.79. The smallest absolute Gasteiger partial charge is 0.224 e. The van der Waals surface area contributed by atoms with E-state index in [1.54, 1.807) is 0 Å². The van der Waals surface area contributed by atoms with Crippen molar-refractivity contribution < 1.29 is 9.90 Å². The van der Waals surface area contributed by atoms with Gasteiger partial charge in [0.25, 0.3) is 0 Å². The van der Waals surface area contributed by atoms with Gasteiger partial charge in [0.1, 0.15) is 0 Å². The molecule has 1 aliphatic carbocycles. The summed E-state index contributed by atoms with van der Waals surface area (Å²) in [5.74, 6) is 0.263. The predicted octanol–water partition coefficient (Wildman–Crippen LogP) is 0.262. The summed E-state index contributed by atoms with van der Waals surface area (Å²) in [6.07, 6.45) is 2.48. The molecule has 0 aromatic carbocycles. The summed E-state index contributed by atoms with van der Waals surface area (Å²) < 4.78 is 0. The number of hydrogen-bond donors (Lipinski definition) is 3. The Hall–Kier alpha value is -0.610. The second-order valence-electron chi connectivity index (χ2n) is 5.68. The number of carbonyl (C=O) groups excluding carboxylic acids is 1. The Labute approximate surface area is 96.8 Å². The summed E-state index contributed by atoms with van der Waals surface area (Å²) in [5, 5.41) is 15.9. The first-order valence-electron chi connectivity index (χ1n) is 6.21. The van der Waals surface area contributed by atoms with Gasteiger partial charge in [-0.1, -0.05) is 13.8 Å². The number of aliphatic hydroxyl groups excluding tert-OH is 1. The number of nitrogens with one attached hydrogen (secondary N) is 2. The molecule has 4 nitrogen and oxygen atoms in total. The van der Waals surface area contributed by atoms with E-state index in [1.165, 1.54) is 0 Å². The van der Waals surface area contributed by atoms with E-state index in [2.05, 4.69) is 10.6 Å². The Balaban J connectivity index is 1.83. The first kappa shape index (κ1) is 11.9. The van der Waals surface area contributed by atoms with Crippen molar-refractivity contribution in [3.8, 4) is 0 Å². The van der Waals surface area contributed by atoms with Gasteiger partial charge >= 0.3 is 0 Å². The quantitative estimate of drug-likeness (QED) is 0.633. The lowest BCUT2D eigenvalue weighted by Gasteiger charge is -2.49. The lowest BCUT2D eigenvalue weighted by Crippen LogP contribution is -2.62. The molecule has 3 atom stereocenters. The Morgan fingerprint density at radius 1 is 1.50 bits per heavy atom. The van der Waals surface area contributed by atoms with Crippen molar-refractivity contribution in [2.75, 3.05) is 13.1 Å². The number of hydrogen-bond acceptors (Lipinski definition) is 3. The maximum absolute atomic E-state index is 12.0. The average molecular weight is 226 g/mol. The molecule has 2 rings (SSSR count). The van der Waals surface area contributed by atoms with Crippen molar-refractivity contribution in [3.63, 3.8) is 0 Å². The molecular weight excluding hydrogens is 204 g/mol. The number of rotatable bonds is 2. The maximum atomic E-state index is 12.0. The molecule has 4 heteroatoms. The van der Waals surface area contributed by atoms with Crippen molar-refractivity contribution in [2.45, 2.75) is 45.3 Å². The molecule has 16 heavy (non-hydrogen) atoms. The second kappa shape index (κ2) is 4.34. The highest BCUT2D eigenvalue weighted by Gasteiger charge is 2.48. The number of piperidine rings is 1. The highest BCUT2D eigenvalue weighted by Crippen LogP contribution is 2.40. The van der Waals surface area contributed by atoms with Crippen LogP contribution in [0.25, 0.3) is 0 Å². The first-order valence-corrected chi connectivity index (χ1v) is 6.21. The van der Waals surface area contributed by atoms with E-state index in [0.29, 0.717) is 6.42 Å². The summed E-state index contributed by atoms with van der Waals surface area (Å²) in [4.78, 5) is 12.0. The van der Waals surface area contributed by atoms with Gasteiger partial charge in [-0.15, -0.1) is 0 Å². The van der Waals surface area contributed by atoms with E-state index in [4.69, 9.17) is 0 Å². The monoisotopic (exact) mass is 226 g/mol. The van der Waals surface area contributed by atoms with E-state index in [9.17, 15) is 9.90 Å². The normalized spacial score (nSPS) is 37.6. The van der Waals surface area contributed by atoms with Crippen LogP contribution in [0.4, 0.5) is 0 Å². The predicted molar refractivity (Wildman–Crippen MR) is 61.9 cm³/mol. The van der Waals surface area contributed by atoms with Gasteiger partial charge in [0.2, 0.25) is 5.91 Å². The third-order valence-electron chi connectivity index (χ3n) is 4.20. The van der Waals surface area contributed by atoms with Crippen LogP contribution < -0.4 is 10.6 Å². The van der Waals surface area contributed by atoms with Crippen molar-refractivity contribution in [1.82, 2.24) is 10.6 Å². The summed E-state index contributed by atoms with van der Waals surface area (Å²) in [7, 11) is 0. The molecule has 3 unspecified atom stereocenters. The summed E-state index contributed by atoms with van der Waals surface area (Å²) in [6, 6.07) is 0.136. The molecular formula is C12H22N2O2. The van der Waals surface area contributed by atoms with E-state index < -0.39 is 0 Å². The van der Waals surface area contributed by atoms with E-state index in [1.807, 2.05) is 13.8 Å². The third-order valence-corrected chi connectivity index (χ3v) is 4.20. The van der Waals surface area contributed by atoms with Crippen molar-refractivity contribution in [3.05, 3.63) is 0 Å². The molecule has 92 valence electrons. The second-order valence-corrected chi connectivity index (χ2v) is 5.68. The van der Waals surface area contributed by atoms with E-state index in [0.717, 1.165) is 25.9 Å². The van der Waals surface area contributed by atoms with Crippen LogP contribution in [-0.2, 0) is 4.79 Å². The third kappa shape index (κ3) is 2.09. The minimum atomic E-state index is -0.276. The summed E-state index contributed by atoms with van der Waals surface area (Å²) in [5.41, 5.74) is -0.169. The molecule has 1 aliphatic heterocycles. The molecule has 0 bridgehead atoms. The van der Waals surface area contributed by atoms with Gasteiger partial charge < -0.3 is 15.7 Å². The van der Waals surface area contributed by atoms with Gasteiger partial charge in [-0.3, -0.25) is 4.79 Å². The molecule has 1 saturated heterocycles. The van der Waals surface area contributed by atoms with Crippen molar-refractivity contribution in [2.24, 2.45) is 11.3 Å². The topological polar surface area (TPSA) is 61.4 Å². The van der Waals surface area contributed by atoms with Gasteiger partial charge in [0.15, 0.2) is 0 Å². The van der Waals surface area contributed by atoms with Crippen LogP contribution in [0.15, 0.2) is 0 Å². The van der Waals surface area contributed by atoms with Crippen LogP contribution in [0.5, 0.6) is 0 Å². The van der Waals surface area contributed by atoms with Crippen LogP contribution >= 0.6 is 0 Å². The molecule has 0 spiro atoms. The van der Waals surface area contributed by atoms with Gasteiger partial charge in [-0.2, -0.15) is 0 Å². The molecule has 0 radical (unpaired) electrons. The lowest BCUT2D eigenvalue weighted by atomic mass is 9.64. The Bertz CT molecular complexity index is 272. The fourth-order valence-corrected chi connectivity index (χ4v) is 2.51. The fourth-order valence-electron chi connectivity index (χ4n) is 2.51. The molecule has 1 amide bonds. The summed E-state index contributed by atoms with van der Waals surface area (Å²) in [6.45, 7) is 5.83. The van der Waals surface area contributed by atoms with Gasteiger partial charge in [-0.05, 0) is 25.8 Å². The molecule has 1 saturated carbocycles. The lowest BCUT2D eigenvalue weighted by molar-refractivity contribution is -0.133. The maximum Gasteiger partial charge on any atom is 0.224 e. The van der Waals surface area contributed by atoms with E-state index >= 15 is 0 Å². The number of amides is 1. The first-order chi connectivity index (χ1) is 7.51. The zero-order valence-electron chi connectivity index (χ0n) is 10.1. The fraction of sp³-hybridized carbons (Fsp3) is 0.917. The van der Waals surface area contributed by atoms with Gasteiger partial charge in [-0.25, -0.2) is 0 Å². The average Bonchev–Trinajstić information content (AvgIpc) is 2.29. The van der Waals surface area contributed by atoms with Crippen LogP contribution in [0, 0.1) is 11.3 Å². The highest BCUT2D eigenvalue weighted by atomic mass is 16.3. The van der Waals surface area contributed by atoms with Crippen LogP contribution in [0.1, 0.15) is 33.1 Å². The van der Waals surface area contributed by atoms with Crippen LogP contribution in [0.2, 0.25) is 0 Å². The largest absolute Gasteiger partial charge is 0.392 e. The standard InChI is InChI=1S/C12H22N2O2/c1-12(2)9(6-10(12)15)14-11(16)8-4-3-5-13-7-8/h8-10,13,15H,3-7H2,1-2H3,(H,14,16). The Morgan fingerprint density at radius 3 is 2.75 bits per heavy atom. The van der Waals surface area contributed by atoms with Gasteiger partial charge in [0, 0.05) is 18.0 Å². The number of carbonyl (C=O) groups is 1. The zero-order valence-corrected chi connectivity index (χ0v) is 10.1. The molecule has 2 fully saturated rings. The molecule has 2 aliphatic rings. The van der Waals surface area contributed by atoms with Crippen molar-refractivity contribution >= 4 is 5.91 Å². The molecule has 3 N–H and O–H groups in total. The minimum Gasteiger partial charge on any atom is -0.392 e. The zero-order chi connectivity index (χ0) is 11.8. The SMILES string of the molecule is CC1(C)C(O)CC1NC(=O)C1CCCNC1. The molecule has 0 aromatic heterocycles. The van der Waals surface area contributed by atoms with Crippen LogP contribution in [0.3, 0.4) is 0 Å². The molecule has 1 heterocycles. The van der Waals surface area contributed by atoms with Crippen molar-refractivity contribution in [1.29, 1.82) is 0 Å². The van der Waals surface area contributed by atoms with Crippen LogP contribution in [-0.4, -0.2) is 36.2 Å². The number of aliphatic hydroxyl groups is 1. The molecule has 0 aromatic rings. The Morgan fingerprint density at radius 2 is 2.25 bits per heavy atom. The minimum absolute atomic E-state index is 0.113. The summed E-state index contributed by atoms with van der Waals surface area (Å²) >= 11 is 0. The van der Waals surface area contributed by atoms with Gasteiger partial charge in [0.05, 0.1) is 12.0 Å². The Kier molecular flexibility index (Phi) is 3.22.